The van der Waals surface area contributed by atoms with Crippen molar-refractivity contribution in [3.8, 4) is 5.75 Å². The fourth-order valence-electron chi connectivity index (χ4n) is 3.89. The maximum Gasteiger partial charge on any atom is 0.278 e. The average molecular weight is 451 g/mol. The molecule has 1 amide bonds. The summed E-state index contributed by atoms with van der Waals surface area (Å²) < 4.78 is 7.21. The normalized spacial score (nSPS) is 12.2. The predicted octanol–water partition coefficient (Wildman–Crippen LogP) is 4.60. The molecule has 2 aromatic carbocycles. The minimum atomic E-state index is -0.166. The molecule has 2 aromatic heterocycles. The van der Waals surface area contributed by atoms with E-state index in [9.17, 15) is 9.59 Å². The molecule has 0 saturated carbocycles. The van der Waals surface area contributed by atoms with Crippen LogP contribution < -0.4 is 15.6 Å². The zero-order valence-corrected chi connectivity index (χ0v) is 18.9. The molecule has 0 unspecified atom stereocenters. The number of fused-ring (bicyclic) bond motifs is 3. The highest BCUT2D eigenvalue weighted by atomic mass is 32.1. The van der Waals surface area contributed by atoms with Crippen LogP contribution in [0.1, 0.15) is 37.8 Å². The van der Waals surface area contributed by atoms with Gasteiger partial charge in [-0.15, -0.1) is 0 Å². The number of carbonyl (C=O) groups excluding carboxylic acids is 1. The number of ether oxygens (including phenoxy) is 1. The second-order valence-electron chi connectivity index (χ2n) is 7.83. The number of hydrogen-bond acceptors (Lipinski definition) is 4. The third kappa shape index (κ3) is 4.45. The Balaban J connectivity index is 1.41. The lowest BCUT2D eigenvalue weighted by molar-refractivity contribution is -0.121. The second-order valence-corrected chi connectivity index (χ2v) is 8.22. The highest BCUT2D eigenvalue weighted by Crippen LogP contribution is 2.25. The van der Waals surface area contributed by atoms with E-state index < -0.39 is 0 Å². The Kier molecular flexibility index (Phi) is 6.41. The molecule has 0 bridgehead atoms. The summed E-state index contributed by atoms with van der Waals surface area (Å²) in [5, 5.41) is 3.88. The van der Waals surface area contributed by atoms with Gasteiger partial charge in [-0.3, -0.25) is 14.2 Å². The number of methoxy groups -OCH3 is 1. The van der Waals surface area contributed by atoms with Crippen molar-refractivity contribution in [2.75, 3.05) is 7.11 Å². The van der Waals surface area contributed by atoms with Crippen LogP contribution >= 0.6 is 12.2 Å². The summed E-state index contributed by atoms with van der Waals surface area (Å²) in [6.45, 7) is 2.42. The number of unbranched alkanes of at least 4 members (excludes halogenated alkanes) is 1. The van der Waals surface area contributed by atoms with E-state index in [1.54, 1.807) is 11.7 Å². The maximum absolute atomic E-state index is 13.0. The minimum Gasteiger partial charge on any atom is -0.497 e. The number of H-pyrrole nitrogens is 2. The Morgan fingerprint density at radius 2 is 1.91 bits per heavy atom. The fraction of sp³-hybridized carbons (Fsp3) is 0.292. The number of aromatic nitrogens is 3. The highest BCUT2D eigenvalue weighted by molar-refractivity contribution is 7.71. The van der Waals surface area contributed by atoms with Gasteiger partial charge in [-0.25, -0.2) is 0 Å². The van der Waals surface area contributed by atoms with Crippen molar-refractivity contribution in [2.45, 2.75) is 38.8 Å². The lowest BCUT2D eigenvalue weighted by Crippen LogP contribution is -2.26. The van der Waals surface area contributed by atoms with Crippen LogP contribution in [0.2, 0.25) is 0 Å². The predicted molar refractivity (Wildman–Crippen MR) is 129 cm³/mol. The van der Waals surface area contributed by atoms with Crippen LogP contribution in [0.4, 0.5) is 0 Å². The zero-order valence-electron chi connectivity index (χ0n) is 18.1. The van der Waals surface area contributed by atoms with Crippen LogP contribution in [-0.4, -0.2) is 27.6 Å². The van der Waals surface area contributed by atoms with E-state index in [-0.39, 0.29) is 17.5 Å². The molecule has 4 aromatic rings. The van der Waals surface area contributed by atoms with E-state index >= 15 is 0 Å². The Morgan fingerprint density at radius 1 is 1.12 bits per heavy atom. The summed E-state index contributed by atoms with van der Waals surface area (Å²) in [7, 11) is 1.60. The molecule has 0 aliphatic carbocycles. The molecule has 0 radical (unpaired) electrons. The first-order valence-electron chi connectivity index (χ1n) is 10.6. The molecule has 2 heterocycles. The molecule has 0 fully saturated rings. The van der Waals surface area contributed by atoms with Gasteiger partial charge >= 0.3 is 0 Å². The van der Waals surface area contributed by atoms with Gasteiger partial charge in [-0.2, -0.15) is 0 Å². The number of aromatic amines is 2. The number of rotatable bonds is 8. The first-order valence-corrected chi connectivity index (χ1v) is 11.1. The third-order valence-electron chi connectivity index (χ3n) is 5.65. The van der Waals surface area contributed by atoms with Crippen LogP contribution in [0.5, 0.6) is 5.75 Å². The number of nitrogens with one attached hydrogen (secondary N) is 3. The van der Waals surface area contributed by atoms with Crippen molar-refractivity contribution < 1.29 is 9.53 Å². The highest BCUT2D eigenvalue weighted by Gasteiger charge is 2.13. The molecular weight excluding hydrogens is 424 g/mol. The topological polar surface area (TPSA) is 91.9 Å². The lowest BCUT2D eigenvalue weighted by atomic mass is 10.1. The maximum atomic E-state index is 13.0. The lowest BCUT2D eigenvalue weighted by Gasteiger charge is -2.14. The van der Waals surface area contributed by atoms with Crippen LogP contribution in [-0.2, 0) is 11.3 Å². The summed E-state index contributed by atoms with van der Waals surface area (Å²) in [5.41, 5.74) is 2.91. The van der Waals surface area contributed by atoms with E-state index in [4.69, 9.17) is 17.0 Å². The molecule has 0 aliphatic rings. The van der Waals surface area contributed by atoms with Gasteiger partial charge in [0.05, 0.1) is 18.7 Å². The van der Waals surface area contributed by atoms with Crippen LogP contribution in [0.15, 0.2) is 53.3 Å². The number of benzene rings is 2. The van der Waals surface area contributed by atoms with Crippen molar-refractivity contribution in [1.29, 1.82) is 0 Å². The first-order chi connectivity index (χ1) is 15.5. The third-order valence-corrected chi connectivity index (χ3v) is 5.98. The van der Waals surface area contributed by atoms with Gasteiger partial charge in [0.15, 0.2) is 4.77 Å². The van der Waals surface area contributed by atoms with Crippen molar-refractivity contribution in [3.05, 3.63) is 69.2 Å². The second kappa shape index (κ2) is 9.40. The molecule has 0 saturated heterocycles. The van der Waals surface area contributed by atoms with E-state index in [1.807, 2.05) is 55.5 Å². The average Bonchev–Trinajstić information content (AvgIpc) is 3.16. The quantitative estimate of drug-likeness (QED) is 0.270. The van der Waals surface area contributed by atoms with Gasteiger partial charge in [0.25, 0.3) is 5.56 Å². The van der Waals surface area contributed by atoms with E-state index in [1.165, 1.54) is 0 Å². The number of carbonyl (C=O) groups is 1. The fourth-order valence-corrected chi connectivity index (χ4v) is 4.16. The van der Waals surface area contributed by atoms with Crippen LogP contribution in [0, 0.1) is 4.77 Å². The van der Waals surface area contributed by atoms with Crippen molar-refractivity contribution in [2.24, 2.45) is 0 Å². The largest absolute Gasteiger partial charge is 0.497 e. The Bertz CT molecular complexity index is 1370. The number of nitrogens with zero attached hydrogens (tertiary/aromatic N) is 1. The molecular formula is C24H26N4O3S. The van der Waals surface area contributed by atoms with Crippen molar-refractivity contribution >= 4 is 40.1 Å². The molecule has 3 N–H and O–H groups in total. The Labute approximate surface area is 190 Å². The summed E-state index contributed by atoms with van der Waals surface area (Å²) in [6, 6.07) is 15.4. The van der Waals surface area contributed by atoms with E-state index in [0.717, 1.165) is 16.5 Å². The summed E-state index contributed by atoms with van der Waals surface area (Å²) in [5.74, 6) is 0.709. The van der Waals surface area contributed by atoms with Crippen LogP contribution in [0.3, 0.4) is 0 Å². The van der Waals surface area contributed by atoms with Gasteiger partial charge in [0.2, 0.25) is 5.91 Å². The summed E-state index contributed by atoms with van der Waals surface area (Å²) >= 11 is 5.45. The van der Waals surface area contributed by atoms with E-state index in [2.05, 4.69) is 15.3 Å². The monoisotopic (exact) mass is 450 g/mol. The number of hydrogen-bond donors (Lipinski definition) is 3. The molecule has 8 heteroatoms. The van der Waals surface area contributed by atoms with E-state index in [0.29, 0.717) is 47.4 Å². The standard InChI is InChI=1S/C24H26N4O3S/c1-15(16-8-4-3-5-9-16)25-20(29)10-6-7-13-28-23(30)22-21(27-24(28)32)18-14-17(31-2)11-12-19(18)26-22/h3-5,8-9,11-12,14-15,26H,6-7,10,13H2,1-2H3,(H,25,29)(H,27,32)/t15-/m0/s1. The zero-order chi connectivity index (χ0) is 22.7. The van der Waals surface area contributed by atoms with Gasteiger partial charge in [-0.05, 0) is 55.7 Å². The molecule has 1 atom stereocenters. The van der Waals surface area contributed by atoms with Gasteiger partial charge in [0.1, 0.15) is 11.3 Å². The molecule has 0 spiro atoms. The molecule has 4 rings (SSSR count). The van der Waals surface area contributed by atoms with Gasteiger partial charge in [0, 0.05) is 23.9 Å². The molecule has 7 nitrogen and oxygen atoms in total. The Morgan fingerprint density at radius 3 is 2.66 bits per heavy atom. The summed E-state index contributed by atoms with van der Waals surface area (Å²) in [6.07, 6.45) is 1.73. The summed E-state index contributed by atoms with van der Waals surface area (Å²) in [4.78, 5) is 31.7. The molecule has 32 heavy (non-hydrogen) atoms. The van der Waals surface area contributed by atoms with Crippen LogP contribution in [0.25, 0.3) is 21.9 Å². The van der Waals surface area contributed by atoms with Gasteiger partial charge < -0.3 is 20.0 Å². The SMILES string of the molecule is COc1ccc2[nH]c3c(=O)n(CCCCC(=O)N[C@@H](C)c4ccccc4)c(=S)[nH]c3c2c1. The smallest absolute Gasteiger partial charge is 0.278 e. The van der Waals surface area contributed by atoms with Crippen molar-refractivity contribution in [1.82, 2.24) is 19.9 Å². The minimum absolute atomic E-state index is 0.00104. The Hall–Kier alpha value is -3.39. The first kappa shape index (κ1) is 21.8. The number of amides is 1. The van der Waals surface area contributed by atoms with Gasteiger partial charge in [-0.1, -0.05) is 30.3 Å². The van der Waals surface area contributed by atoms with Crippen molar-refractivity contribution in [3.63, 3.8) is 0 Å². The molecule has 0 aliphatic heterocycles. The molecule has 166 valence electrons.